The van der Waals surface area contributed by atoms with Crippen LogP contribution >= 0.6 is 24.0 Å². The van der Waals surface area contributed by atoms with E-state index in [1.165, 1.54) is 26.2 Å². The zero-order chi connectivity index (χ0) is 15.9. The number of nitrogens with zero attached hydrogens (tertiary/aromatic N) is 3. The summed E-state index contributed by atoms with van der Waals surface area (Å²) in [4.78, 5) is 9.70. The van der Waals surface area contributed by atoms with Crippen molar-refractivity contribution in [1.29, 1.82) is 0 Å². The molecule has 0 aromatic heterocycles. The summed E-state index contributed by atoms with van der Waals surface area (Å²) in [5.41, 5.74) is 0.0433. The van der Waals surface area contributed by atoms with Gasteiger partial charge in [0, 0.05) is 51.4 Å². The van der Waals surface area contributed by atoms with Crippen LogP contribution in [0.25, 0.3) is 0 Å². The Morgan fingerprint density at radius 2 is 1.77 bits per heavy atom. The molecule has 0 amide bonds. The molecule has 0 radical (unpaired) electrons. The van der Waals surface area contributed by atoms with Crippen molar-refractivity contribution in [2.75, 3.05) is 52.9 Å². The molecule has 1 fully saturated rings. The molecule has 1 aliphatic heterocycles. The Bertz CT molecular complexity index is 319. The van der Waals surface area contributed by atoms with E-state index in [0.29, 0.717) is 5.92 Å². The van der Waals surface area contributed by atoms with E-state index < -0.39 is 0 Å². The van der Waals surface area contributed by atoms with E-state index in [4.69, 9.17) is 4.99 Å². The highest BCUT2D eigenvalue weighted by molar-refractivity contribution is 14.0. The van der Waals surface area contributed by atoms with Gasteiger partial charge in [-0.05, 0) is 40.7 Å². The molecule has 1 saturated heterocycles. The number of halogens is 1. The zero-order valence-electron chi connectivity index (χ0n) is 15.3. The van der Waals surface area contributed by atoms with Gasteiger partial charge in [0.2, 0.25) is 0 Å². The number of nitrogens with one attached hydrogen (secondary N) is 2. The fourth-order valence-corrected chi connectivity index (χ4v) is 2.44. The first-order valence-corrected chi connectivity index (χ1v) is 8.27. The van der Waals surface area contributed by atoms with Crippen molar-refractivity contribution >= 4 is 29.9 Å². The predicted molar refractivity (Wildman–Crippen MR) is 107 cm³/mol. The summed E-state index contributed by atoms with van der Waals surface area (Å²) < 4.78 is 0. The minimum absolute atomic E-state index is 0. The van der Waals surface area contributed by atoms with Crippen molar-refractivity contribution in [3.63, 3.8) is 0 Å². The van der Waals surface area contributed by atoms with Crippen molar-refractivity contribution in [3.8, 4) is 0 Å². The normalized spacial score (nSPS) is 19.5. The number of hydrogen-bond acceptors (Lipinski definition) is 3. The molecule has 0 spiro atoms. The van der Waals surface area contributed by atoms with Gasteiger partial charge >= 0.3 is 0 Å². The fourth-order valence-electron chi connectivity index (χ4n) is 2.44. The molecule has 1 aliphatic rings. The van der Waals surface area contributed by atoms with E-state index in [1.54, 1.807) is 0 Å². The highest BCUT2D eigenvalue weighted by Crippen LogP contribution is 2.05. The minimum atomic E-state index is 0. The predicted octanol–water partition coefficient (Wildman–Crippen LogP) is 1.84. The monoisotopic (exact) mass is 425 g/mol. The number of aliphatic imine (C=N–C) groups is 1. The summed E-state index contributed by atoms with van der Waals surface area (Å²) in [7, 11) is 2.20. The molecule has 1 heterocycles. The van der Waals surface area contributed by atoms with Crippen molar-refractivity contribution in [2.45, 2.75) is 40.2 Å². The summed E-state index contributed by atoms with van der Waals surface area (Å²) in [6, 6.07) is 0. The third kappa shape index (κ3) is 9.84. The Kier molecular flexibility index (Phi) is 10.6. The Morgan fingerprint density at radius 1 is 1.18 bits per heavy atom. The largest absolute Gasteiger partial charge is 0.357 e. The first-order chi connectivity index (χ1) is 9.80. The quantitative estimate of drug-likeness (QED) is 0.401. The van der Waals surface area contributed by atoms with E-state index in [1.807, 2.05) is 0 Å². The first kappa shape index (κ1) is 21.9. The van der Waals surface area contributed by atoms with Gasteiger partial charge in [-0.2, -0.15) is 0 Å². The first-order valence-electron chi connectivity index (χ1n) is 8.27. The maximum Gasteiger partial charge on any atom is 0.191 e. The minimum Gasteiger partial charge on any atom is -0.357 e. The Morgan fingerprint density at radius 3 is 2.27 bits per heavy atom. The van der Waals surface area contributed by atoms with E-state index in [9.17, 15) is 0 Å². The molecule has 0 aromatic rings. The lowest BCUT2D eigenvalue weighted by Gasteiger charge is -2.33. The van der Waals surface area contributed by atoms with Crippen LogP contribution in [0, 0.1) is 5.92 Å². The molecule has 22 heavy (non-hydrogen) atoms. The van der Waals surface area contributed by atoms with Crippen LogP contribution in [0.3, 0.4) is 0 Å². The molecule has 1 atom stereocenters. The lowest BCUT2D eigenvalue weighted by Crippen LogP contribution is -2.48. The fraction of sp³-hybridized carbons (Fsp3) is 0.938. The number of piperazine rings is 1. The summed E-state index contributed by atoms with van der Waals surface area (Å²) in [5, 5.41) is 6.76. The Labute approximate surface area is 154 Å². The maximum atomic E-state index is 4.74. The van der Waals surface area contributed by atoms with Gasteiger partial charge in [-0.15, -0.1) is 24.0 Å². The van der Waals surface area contributed by atoms with E-state index in [0.717, 1.165) is 25.6 Å². The van der Waals surface area contributed by atoms with Gasteiger partial charge in [0.25, 0.3) is 0 Å². The third-order valence-electron chi connectivity index (χ3n) is 3.56. The van der Waals surface area contributed by atoms with Gasteiger partial charge in [0.05, 0.1) is 0 Å². The molecule has 2 N–H and O–H groups in total. The summed E-state index contributed by atoms with van der Waals surface area (Å²) in [6.07, 6.45) is 0. The van der Waals surface area contributed by atoms with E-state index in [-0.39, 0.29) is 29.5 Å². The van der Waals surface area contributed by atoms with E-state index >= 15 is 0 Å². The lowest BCUT2D eigenvalue weighted by atomic mass is 10.1. The highest BCUT2D eigenvalue weighted by atomic mass is 127. The Hall–Kier alpha value is -0.0800. The number of guanidine groups is 1. The van der Waals surface area contributed by atoms with Crippen LogP contribution in [0.15, 0.2) is 4.99 Å². The third-order valence-corrected chi connectivity index (χ3v) is 3.56. The van der Waals surface area contributed by atoms with Gasteiger partial charge in [0.1, 0.15) is 0 Å². The number of hydrogen-bond donors (Lipinski definition) is 2. The summed E-state index contributed by atoms with van der Waals surface area (Å²) in [6.45, 7) is 18.5. The van der Waals surface area contributed by atoms with Crippen LogP contribution in [-0.2, 0) is 0 Å². The molecular weight excluding hydrogens is 389 g/mol. The van der Waals surface area contributed by atoms with Crippen molar-refractivity contribution in [2.24, 2.45) is 10.9 Å². The maximum absolute atomic E-state index is 4.74. The molecule has 1 unspecified atom stereocenters. The molecule has 0 aromatic carbocycles. The Balaban J connectivity index is 0.00000441. The average molecular weight is 425 g/mol. The van der Waals surface area contributed by atoms with Crippen LogP contribution in [0.2, 0.25) is 0 Å². The van der Waals surface area contributed by atoms with Crippen LogP contribution in [0.5, 0.6) is 0 Å². The lowest BCUT2D eigenvalue weighted by molar-refractivity contribution is 0.140. The standard InChI is InChI=1S/C16H35N5.HI/c1-7-17-15(19-16(3,4)5)18-12-14(2)13-21-10-8-20(6)9-11-21;/h14H,7-13H2,1-6H3,(H2,17,18,19);1H. The molecule has 6 heteroatoms. The smallest absolute Gasteiger partial charge is 0.191 e. The zero-order valence-corrected chi connectivity index (χ0v) is 17.6. The van der Waals surface area contributed by atoms with Gasteiger partial charge in [-0.3, -0.25) is 4.99 Å². The van der Waals surface area contributed by atoms with Gasteiger partial charge in [0.15, 0.2) is 5.96 Å². The second kappa shape index (κ2) is 10.6. The number of likely N-dealkylation sites (N-methyl/N-ethyl adjacent to an activating group) is 1. The second-order valence-electron chi connectivity index (χ2n) is 7.30. The van der Waals surface area contributed by atoms with Crippen molar-refractivity contribution in [1.82, 2.24) is 20.4 Å². The average Bonchev–Trinajstić information content (AvgIpc) is 2.37. The van der Waals surface area contributed by atoms with Gasteiger partial charge in [-0.25, -0.2) is 0 Å². The molecular formula is C16H36IN5. The van der Waals surface area contributed by atoms with Crippen LogP contribution < -0.4 is 10.6 Å². The molecule has 1 rings (SSSR count). The van der Waals surface area contributed by atoms with Gasteiger partial charge in [-0.1, -0.05) is 6.92 Å². The highest BCUT2D eigenvalue weighted by Gasteiger charge is 2.16. The SMILES string of the molecule is CCNC(=NCC(C)CN1CCN(C)CC1)NC(C)(C)C.I. The van der Waals surface area contributed by atoms with Gasteiger partial charge < -0.3 is 20.4 Å². The van der Waals surface area contributed by atoms with Crippen molar-refractivity contribution in [3.05, 3.63) is 0 Å². The molecule has 0 saturated carbocycles. The second-order valence-corrected chi connectivity index (χ2v) is 7.30. The summed E-state index contributed by atoms with van der Waals surface area (Å²) in [5.74, 6) is 1.51. The van der Waals surface area contributed by atoms with Crippen LogP contribution in [0.4, 0.5) is 0 Å². The number of rotatable bonds is 5. The summed E-state index contributed by atoms with van der Waals surface area (Å²) >= 11 is 0. The van der Waals surface area contributed by atoms with Crippen LogP contribution in [0.1, 0.15) is 34.6 Å². The molecule has 132 valence electrons. The van der Waals surface area contributed by atoms with Crippen LogP contribution in [-0.4, -0.2) is 74.2 Å². The van der Waals surface area contributed by atoms with Crippen molar-refractivity contribution < 1.29 is 0 Å². The topological polar surface area (TPSA) is 42.9 Å². The molecule has 0 bridgehead atoms. The van der Waals surface area contributed by atoms with E-state index in [2.05, 4.69) is 62.1 Å². The molecule has 5 nitrogen and oxygen atoms in total. The molecule has 0 aliphatic carbocycles.